The zero-order chi connectivity index (χ0) is 20.6. The summed E-state index contributed by atoms with van der Waals surface area (Å²) in [6.45, 7) is 5.69. The quantitative estimate of drug-likeness (QED) is 0.583. The summed E-state index contributed by atoms with van der Waals surface area (Å²) in [5.41, 5.74) is 3.14. The number of alkyl halides is 1. The molecule has 0 unspecified atom stereocenters. The largest absolute Gasteiger partial charge is 0.481 e. The van der Waals surface area contributed by atoms with Crippen LogP contribution >= 0.6 is 15.9 Å². The average Bonchev–Trinajstić information content (AvgIpc) is 2.68. The Morgan fingerprint density at radius 2 is 1.61 bits per heavy atom. The average molecular weight is 447 g/mol. The number of carbonyl (C=O) groups excluding carboxylic acids is 2. The van der Waals surface area contributed by atoms with E-state index in [1.165, 1.54) is 7.11 Å². The molecule has 1 N–H and O–H groups in total. The van der Waals surface area contributed by atoms with E-state index in [9.17, 15) is 14.4 Å². The van der Waals surface area contributed by atoms with Crippen LogP contribution in [0, 0.1) is 6.92 Å². The molecule has 148 valence electrons. The summed E-state index contributed by atoms with van der Waals surface area (Å²) in [6, 6.07) is 0. The normalized spacial score (nSPS) is 12.8. The highest BCUT2D eigenvalue weighted by molar-refractivity contribution is 9.08. The standard InChI is InChI=1S/C21H23BrN2O4/c1-5-7-11-10(3)20(27)23-16-14(11)18(25)15-12(8-6-2)13(9-22)21(28-4)24-17(15)19(16)26/h5-9H2,1-4H3,(H,23,27). The first-order valence-electron chi connectivity index (χ1n) is 9.41. The van der Waals surface area contributed by atoms with Gasteiger partial charge in [0.15, 0.2) is 5.78 Å². The Morgan fingerprint density at radius 1 is 0.964 bits per heavy atom. The molecule has 0 saturated heterocycles. The Labute approximate surface area is 171 Å². The first kappa shape index (κ1) is 20.5. The van der Waals surface area contributed by atoms with E-state index in [-0.39, 0.29) is 22.7 Å². The minimum absolute atomic E-state index is 0.0418. The van der Waals surface area contributed by atoms with E-state index in [4.69, 9.17) is 4.74 Å². The molecule has 2 aromatic heterocycles. The molecule has 0 amide bonds. The smallest absolute Gasteiger partial charge is 0.251 e. The van der Waals surface area contributed by atoms with Gasteiger partial charge in [-0.2, -0.15) is 0 Å². The molecular weight excluding hydrogens is 424 g/mol. The molecule has 0 fully saturated rings. The molecule has 3 rings (SSSR count). The molecule has 1 aliphatic rings. The number of nitrogens with one attached hydrogen (secondary N) is 1. The fourth-order valence-corrected chi connectivity index (χ4v) is 4.44. The summed E-state index contributed by atoms with van der Waals surface area (Å²) >= 11 is 3.46. The van der Waals surface area contributed by atoms with E-state index in [0.717, 1.165) is 24.0 Å². The fourth-order valence-electron chi connectivity index (χ4n) is 3.86. The number of halogens is 1. The van der Waals surface area contributed by atoms with Crippen LogP contribution in [0.4, 0.5) is 0 Å². The number of fused-ring (bicyclic) bond motifs is 2. The summed E-state index contributed by atoms with van der Waals surface area (Å²) in [4.78, 5) is 46.2. The van der Waals surface area contributed by atoms with Crippen LogP contribution in [0.1, 0.15) is 81.0 Å². The Morgan fingerprint density at radius 3 is 2.18 bits per heavy atom. The Hall–Kier alpha value is -2.28. The lowest BCUT2D eigenvalue weighted by atomic mass is 9.81. The van der Waals surface area contributed by atoms with Crippen LogP contribution in [0.25, 0.3) is 0 Å². The number of ketones is 2. The maximum atomic E-state index is 13.6. The highest BCUT2D eigenvalue weighted by Crippen LogP contribution is 2.36. The number of nitrogens with zero attached hydrogens (tertiary/aromatic N) is 1. The lowest BCUT2D eigenvalue weighted by Gasteiger charge is -2.24. The first-order valence-corrected chi connectivity index (χ1v) is 10.5. The van der Waals surface area contributed by atoms with Crippen LogP contribution < -0.4 is 10.3 Å². The third-order valence-corrected chi connectivity index (χ3v) is 5.74. The SMILES string of the molecule is CCCc1c(CBr)c(OC)nc2c1C(=O)c1c([nH]c(=O)c(C)c1CCC)C2=O. The van der Waals surface area contributed by atoms with E-state index in [1.54, 1.807) is 6.92 Å². The first-order chi connectivity index (χ1) is 13.4. The van der Waals surface area contributed by atoms with Crippen molar-refractivity contribution in [2.45, 2.75) is 51.8 Å². The molecule has 0 saturated carbocycles. The van der Waals surface area contributed by atoms with Crippen LogP contribution in [0.2, 0.25) is 0 Å². The highest BCUT2D eigenvalue weighted by Gasteiger charge is 2.38. The molecule has 28 heavy (non-hydrogen) atoms. The lowest BCUT2D eigenvalue weighted by Crippen LogP contribution is -2.32. The van der Waals surface area contributed by atoms with Crippen LogP contribution in [-0.2, 0) is 18.2 Å². The minimum atomic E-state index is -0.434. The zero-order valence-corrected chi connectivity index (χ0v) is 18.1. The summed E-state index contributed by atoms with van der Waals surface area (Å²) in [5.74, 6) is -0.351. The van der Waals surface area contributed by atoms with Gasteiger partial charge in [0, 0.05) is 16.5 Å². The number of aromatic amines is 1. The van der Waals surface area contributed by atoms with Crippen molar-refractivity contribution in [1.82, 2.24) is 9.97 Å². The number of ether oxygens (including phenoxy) is 1. The van der Waals surface area contributed by atoms with Crippen molar-refractivity contribution in [3.05, 3.63) is 55.1 Å². The van der Waals surface area contributed by atoms with Crippen LogP contribution in [-0.4, -0.2) is 28.6 Å². The van der Waals surface area contributed by atoms with E-state index < -0.39 is 5.78 Å². The molecule has 1 aliphatic carbocycles. The number of hydrogen-bond donors (Lipinski definition) is 1. The second-order valence-electron chi connectivity index (χ2n) is 6.90. The van der Waals surface area contributed by atoms with Gasteiger partial charge in [0.1, 0.15) is 11.4 Å². The molecule has 2 heterocycles. The molecular formula is C21H23BrN2O4. The van der Waals surface area contributed by atoms with Crippen molar-refractivity contribution < 1.29 is 14.3 Å². The van der Waals surface area contributed by atoms with E-state index in [1.807, 2.05) is 13.8 Å². The van der Waals surface area contributed by atoms with Crippen LogP contribution in [0.5, 0.6) is 5.88 Å². The Kier molecular flexibility index (Phi) is 5.84. The van der Waals surface area contributed by atoms with Crippen LogP contribution in [0.3, 0.4) is 0 Å². The molecule has 0 spiro atoms. The number of rotatable bonds is 6. The number of hydrogen-bond acceptors (Lipinski definition) is 5. The summed E-state index contributed by atoms with van der Waals surface area (Å²) in [5, 5.41) is 0.465. The van der Waals surface area contributed by atoms with Crippen molar-refractivity contribution in [3.63, 3.8) is 0 Å². The summed E-state index contributed by atoms with van der Waals surface area (Å²) < 4.78 is 5.39. The minimum Gasteiger partial charge on any atom is -0.481 e. The molecule has 0 aliphatic heterocycles. The molecule has 0 bridgehead atoms. The molecule has 7 heteroatoms. The fraction of sp³-hybridized carbons (Fsp3) is 0.429. The third kappa shape index (κ3) is 3.02. The molecule has 0 aromatic carbocycles. The second kappa shape index (κ2) is 7.99. The van der Waals surface area contributed by atoms with Gasteiger partial charge in [0.25, 0.3) is 5.56 Å². The van der Waals surface area contributed by atoms with Crippen molar-refractivity contribution in [2.75, 3.05) is 7.11 Å². The van der Waals surface area contributed by atoms with Crippen LogP contribution in [0.15, 0.2) is 4.79 Å². The topological polar surface area (TPSA) is 89.1 Å². The third-order valence-electron chi connectivity index (χ3n) is 5.18. The molecule has 0 radical (unpaired) electrons. The van der Waals surface area contributed by atoms with Gasteiger partial charge in [-0.3, -0.25) is 14.4 Å². The van der Waals surface area contributed by atoms with Gasteiger partial charge < -0.3 is 9.72 Å². The van der Waals surface area contributed by atoms with Gasteiger partial charge in [-0.1, -0.05) is 42.6 Å². The number of methoxy groups -OCH3 is 1. The van der Waals surface area contributed by atoms with E-state index >= 15 is 0 Å². The number of H-pyrrole nitrogens is 1. The number of carbonyl (C=O) groups is 2. The summed E-state index contributed by atoms with van der Waals surface area (Å²) in [7, 11) is 1.49. The molecule has 6 nitrogen and oxygen atoms in total. The van der Waals surface area contributed by atoms with Gasteiger partial charge in [0.05, 0.1) is 18.2 Å². The Balaban J connectivity index is 2.41. The predicted octanol–water partition coefficient (Wildman–Crippen LogP) is 3.66. The Bertz CT molecular complexity index is 1040. The van der Waals surface area contributed by atoms with Crippen molar-refractivity contribution in [2.24, 2.45) is 0 Å². The van der Waals surface area contributed by atoms with Crippen molar-refractivity contribution in [1.29, 1.82) is 0 Å². The maximum Gasteiger partial charge on any atom is 0.251 e. The molecule has 2 aromatic rings. The highest BCUT2D eigenvalue weighted by atomic mass is 79.9. The van der Waals surface area contributed by atoms with Gasteiger partial charge in [-0.25, -0.2) is 4.98 Å². The lowest BCUT2D eigenvalue weighted by molar-refractivity contribution is 0.0968. The van der Waals surface area contributed by atoms with Gasteiger partial charge >= 0.3 is 0 Å². The number of aromatic nitrogens is 2. The van der Waals surface area contributed by atoms with Crippen molar-refractivity contribution >= 4 is 27.5 Å². The van der Waals surface area contributed by atoms with Gasteiger partial charge in [-0.15, -0.1) is 0 Å². The van der Waals surface area contributed by atoms with Gasteiger partial charge in [-0.05, 0) is 30.9 Å². The second-order valence-corrected chi connectivity index (χ2v) is 7.46. The monoisotopic (exact) mass is 446 g/mol. The predicted molar refractivity (Wildman–Crippen MR) is 110 cm³/mol. The number of pyridine rings is 2. The van der Waals surface area contributed by atoms with E-state index in [0.29, 0.717) is 46.3 Å². The molecule has 0 atom stereocenters. The van der Waals surface area contributed by atoms with Crippen molar-refractivity contribution in [3.8, 4) is 5.88 Å². The maximum absolute atomic E-state index is 13.6. The summed E-state index contributed by atoms with van der Waals surface area (Å²) in [6.07, 6.45) is 2.76. The van der Waals surface area contributed by atoms with E-state index in [2.05, 4.69) is 25.9 Å². The van der Waals surface area contributed by atoms with Gasteiger partial charge in [0.2, 0.25) is 11.7 Å². The zero-order valence-electron chi connectivity index (χ0n) is 16.5.